The van der Waals surface area contributed by atoms with Crippen LogP contribution in [0.5, 0.6) is 0 Å². The van der Waals surface area contributed by atoms with Crippen LogP contribution in [0.2, 0.25) is 0 Å². The lowest BCUT2D eigenvalue weighted by molar-refractivity contribution is -0.0410. The summed E-state index contributed by atoms with van der Waals surface area (Å²) in [5.74, 6) is -0.147. The third-order valence-corrected chi connectivity index (χ3v) is 2.76. The van der Waals surface area contributed by atoms with Gasteiger partial charge in [0.15, 0.2) is 6.23 Å². The van der Waals surface area contributed by atoms with Gasteiger partial charge in [0, 0.05) is 0 Å². The molecular weight excluding hydrogens is 228 g/mol. The second-order valence-electron chi connectivity index (χ2n) is 3.86. The average molecular weight is 242 g/mol. The summed E-state index contributed by atoms with van der Waals surface area (Å²) >= 11 is 0. The normalized spacial score (nSPS) is 32.9. The fourth-order valence-electron chi connectivity index (χ4n) is 1.83. The maximum absolute atomic E-state index is 11.5. The van der Waals surface area contributed by atoms with E-state index in [1.807, 2.05) is 6.92 Å². The van der Waals surface area contributed by atoms with Gasteiger partial charge in [-0.15, -0.1) is 0 Å². The van der Waals surface area contributed by atoms with E-state index < -0.39 is 30.2 Å². The molecule has 1 saturated heterocycles. The first-order chi connectivity index (χ1) is 8.04. The van der Waals surface area contributed by atoms with Crippen molar-refractivity contribution in [3.8, 4) is 0 Å². The summed E-state index contributed by atoms with van der Waals surface area (Å²) in [4.78, 5) is 18.6. The van der Waals surface area contributed by atoms with Crippen LogP contribution in [0, 0.1) is 0 Å². The smallest absolute Gasteiger partial charge is 0.354 e. The molecule has 0 saturated carbocycles. The van der Waals surface area contributed by atoms with Crippen LogP contribution in [0.25, 0.3) is 0 Å². The molecule has 0 amide bonds. The highest BCUT2D eigenvalue weighted by Gasteiger charge is 2.43. The molecule has 1 aromatic rings. The maximum atomic E-state index is 11.5. The van der Waals surface area contributed by atoms with Crippen LogP contribution in [0.1, 0.15) is 19.6 Å². The van der Waals surface area contributed by atoms with E-state index in [9.17, 15) is 15.0 Å². The van der Waals surface area contributed by atoms with Crippen molar-refractivity contribution in [2.75, 3.05) is 5.73 Å². The largest absolute Gasteiger partial charge is 0.388 e. The zero-order valence-corrected chi connectivity index (χ0v) is 9.22. The molecule has 0 spiro atoms. The van der Waals surface area contributed by atoms with E-state index in [1.165, 1.54) is 0 Å². The van der Waals surface area contributed by atoms with Gasteiger partial charge in [0.25, 0.3) is 0 Å². The molecule has 4 N–H and O–H groups in total. The number of anilines is 1. The lowest BCUT2D eigenvalue weighted by atomic mass is 10.1. The lowest BCUT2D eigenvalue weighted by Gasteiger charge is -2.16. The van der Waals surface area contributed by atoms with Crippen LogP contribution in [0.3, 0.4) is 0 Å². The predicted molar refractivity (Wildman–Crippen MR) is 56.9 cm³/mol. The van der Waals surface area contributed by atoms with Gasteiger partial charge in [0.1, 0.15) is 18.5 Å². The standard InChI is InChI=1S/C9H14N4O4/c1-2-4-5(14)6(15)7(17-4)13-3-11-8(10)12-9(13)16/h3-7,14-15H,2H2,1H3,(H2,10,12,16)/t4-,5?,6?,7-/m1/s1. The van der Waals surface area contributed by atoms with E-state index in [2.05, 4.69) is 9.97 Å². The van der Waals surface area contributed by atoms with Crippen LogP contribution >= 0.6 is 0 Å². The third-order valence-electron chi connectivity index (χ3n) is 2.76. The van der Waals surface area contributed by atoms with Gasteiger partial charge in [-0.1, -0.05) is 6.92 Å². The van der Waals surface area contributed by atoms with Gasteiger partial charge in [-0.25, -0.2) is 9.78 Å². The van der Waals surface area contributed by atoms with E-state index in [0.29, 0.717) is 6.42 Å². The summed E-state index contributed by atoms with van der Waals surface area (Å²) in [5.41, 5.74) is 4.58. The number of rotatable bonds is 2. The van der Waals surface area contributed by atoms with Crippen molar-refractivity contribution in [3.63, 3.8) is 0 Å². The van der Waals surface area contributed by atoms with E-state index >= 15 is 0 Å². The molecule has 8 heteroatoms. The van der Waals surface area contributed by atoms with Gasteiger partial charge in [0.2, 0.25) is 5.95 Å². The minimum absolute atomic E-state index is 0.147. The fourth-order valence-corrected chi connectivity index (χ4v) is 1.83. The summed E-state index contributed by atoms with van der Waals surface area (Å²) in [7, 11) is 0. The highest BCUT2D eigenvalue weighted by molar-refractivity contribution is 5.10. The topological polar surface area (TPSA) is 123 Å². The Hall–Kier alpha value is -1.51. The molecule has 4 atom stereocenters. The van der Waals surface area contributed by atoms with Gasteiger partial charge in [-0.3, -0.25) is 4.57 Å². The molecule has 17 heavy (non-hydrogen) atoms. The highest BCUT2D eigenvalue weighted by atomic mass is 16.6. The average Bonchev–Trinajstić information content (AvgIpc) is 2.57. The number of aliphatic hydroxyl groups is 2. The van der Waals surface area contributed by atoms with Crippen LogP contribution in [-0.4, -0.2) is 43.1 Å². The molecule has 2 unspecified atom stereocenters. The fraction of sp³-hybridized carbons (Fsp3) is 0.667. The third kappa shape index (κ3) is 2.02. The van der Waals surface area contributed by atoms with Gasteiger partial charge in [0.05, 0.1) is 6.10 Å². The monoisotopic (exact) mass is 242 g/mol. The Morgan fingerprint density at radius 3 is 2.76 bits per heavy atom. The predicted octanol–water partition coefficient (Wildman–Crippen LogP) is -1.75. The Balaban J connectivity index is 2.32. The first-order valence-electron chi connectivity index (χ1n) is 5.26. The van der Waals surface area contributed by atoms with Crippen LogP contribution in [-0.2, 0) is 4.74 Å². The van der Waals surface area contributed by atoms with E-state index in [1.54, 1.807) is 0 Å². The second kappa shape index (κ2) is 4.40. The molecule has 0 radical (unpaired) electrons. The van der Waals surface area contributed by atoms with Crippen molar-refractivity contribution in [1.82, 2.24) is 14.5 Å². The summed E-state index contributed by atoms with van der Waals surface area (Å²) in [5, 5.41) is 19.5. The molecule has 1 fully saturated rings. The molecule has 1 aliphatic rings. The SMILES string of the molecule is CC[C@H]1O[C@@H](n2cnc(N)nc2=O)C(O)C1O. The van der Waals surface area contributed by atoms with Gasteiger partial charge in [-0.2, -0.15) is 4.98 Å². The van der Waals surface area contributed by atoms with Crippen molar-refractivity contribution >= 4 is 5.95 Å². The molecule has 0 aromatic carbocycles. The summed E-state index contributed by atoms with van der Waals surface area (Å²) < 4.78 is 6.40. The van der Waals surface area contributed by atoms with Crippen molar-refractivity contribution < 1.29 is 14.9 Å². The Bertz CT molecular complexity index is 463. The molecule has 2 heterocycles. The van der Waals surface area contributed by atoms with E-state index in [0.717, 1.165) is 10.9 Å². The molecule has 1 aromatic heterocycles. The van der Waals surface area contributed by atoms with Crippen molar-refractivity contribution in [2.24, 2.45) is 0 Å². The van der Waals surface area contributed by atoms with Crippen LogP contribution < -0.4 is 11.4 Å². The number of nitrogens with zero attached hydrogens (tertiary/aromatic N) is 3. The Morgan fingerprint density at radius 2 is 2.24 bits per heavy atom. The summed E-state index contributed by atoms with van der Waals surface area (Å²) in [6.07, 6.45) is -2.05. The molecule has 2 rings (SSSR count). The molecule has 0 bridgehead atoms. The van der Waals surface area contributed by atoms with Gasteiger partial charge in [-0.05, 0) is 6.42 Å². The molecular formula is C9H14N4O4. The van der Waals surface area contributed by atoms with E-state index in [-0.39, 0.29) is 5.95 Å². The lowest BCUT2D eigenvalue weighted by Crippen LogP contribution is -2.36. The minimum atomic E-state index is -1.19. The number of aliphatic hydroxyl groups excluding tert-OH is 2. The maximum Gasteiger partial charge on any atom is 0.354 e. The van der Waals surface area contributed by atoms with Crippen molar-refractivity contribution in [1.29, 1.82) is 0 Å². The number of ether oxygens (including phenoxy) is 1. The number of aromatic nitrogens is 3. The van der Waals surface area contributed by atoms with E-state index in [4.69, 9.17) is 10.5 Å². The molecule has 8 nitrogen and oxygen atoms in total. The van der Waals surface area contributed by atoms with Crippen molar-refractivity contribution in [3.05, 3.63) is 16.8 Å². The first kappa shape index (κ1) is 12.0. The van der Waals surface area contributed by atoms with Gasteiger partial charge >= 0.3 is 5.69 Å². The number of nitrogen functional groups attached to an aromatic ring is 1. The number of nitrogens with two attached hydrogens (primary N) is 1. The second-order valence-corrected chi connectivity index (χ2v) is 3.86. The summed E-state index contributed by atoms with van der Waals surface area (Å²) in [6, 6.07) is 0. The molecule has 0 aliphatic carbocycles. The van der Waals surface area contributed by atoms with Crippen LogP contribution in [0.15, 0.2) is 11.1 Å². The first-order valence-corrected chi connectivity index (χ1v) is 5.26. The molecule has 94 valence electrons. The zero-order valence-electron chi connectivity index (χ0n) is 9.22. The number of hydrogen-bond acceptors (Lipinski definition) is 7. The van der Waals surface area contributed by atoms with Gasteiger partial charge < -0.3 is 20.7 Å². The number of hydrogen-bond donors (Lipinski definition) is 3. The van der Waals surface area contributed by atoms with Crippen molar-refractivity contribution in [2.45, 2.75) is 37.9 Å². The Morgan fingerprint density at radius 1 is 1.53 bits per heavy atom. The summed E-state index contributed by atoms with van der Waals surface area (Å²) in [6.45, 7) is 1.81. The zero-order chi connectivity index (χ0) is 12.6. The highest BCUT2D eigenvalue weighted by Crippen LogP contribution is 2.29. The van der Waals surface area contributed by atoms with Crippen LogP contribution in [0.4, 0.5) is 5.95 Å². The quantitative estimate of drug-likeness (QED) is 0.561. The Labute approximate surface area is 96.7 Å². The molecule has 1 aliphatic heterocycles. The minimum Gasteiger partial charge on any atom is -0.388 e. The Kier molecular flexibility index (Phi) is 3.09.